The van der Waals surface area contributed by atoms with Gasteiger partial charge in [-0.1, -0.05) is 0 Å². The molecule has 0 aromatic carbocycles. The summed E-state index contributed by atoms with van der Waals surface area (Å²) in [5.74, 6) is -0.836. The first-order chi connectivity index (χ1) is 6.04. The summed E-state index contributed by atoms with van der Waals surface area (Å²) in [5, 5.41) is 23.8. The van der Waals surface area contributed by atoms with E-state index in [0.29, 0.717) is 0 Å². The molecule has 0 fully saturated rings. The highest BCUT2D eigenvalue weighted by Gasteiger charge is 1.87. The largest absolute Gasteiger partial charge is 0.481 e. The maximum absolute atomic E-state index is 9.52. The van der Waals surface area contributed by atoms with Crippen LogP contribution < -0.4 is 5.73 Å². The zero-order valence-electron chi connectivity index (χ0n) is 7.98. The summed E-state index contributed by atoms with van der Waals surface area (Å²) in [6.45, 7) is 1.62. The molecule has 2 radical (unpaired) electrons. The smallest absolute Gasteiger partial charge is 0.304 e. The highest BCUT2D eigenvalue weighted by molar-refractivity contribution is 6.80. The summed E-state index contributed by atoms with van der Waals surface area (Å²) < 4.78 is 0. The maximum atomic E-state index is 9.52. The Morgan fingerprint density at radius 3 is 1.86 bits per heavy atom. The van der Waals surface area contributed by atoms with Gasteiger partial charge in [-0.05, 0) is 6.92 Å². The molecule has 1 unspecified atom stereocenters. The van der Waals surface area contributed by atoms with E-state index in [1.54, 1.807) is 0 Å². The van der Waals surface area contributed by atoms with Crippen molar-refractivity contribution in [3.8, 4) is 0 Å². The van der Waals surface area contributed by atoms with Crippen molar-refractivity contribution >= 4 is 31.4 Å². The summed E-state index contributed by atoms with van der Waals surface area (Å²) in [6.07, 6.45) is -0.491. The van der Waals surface area contributed by atoms with Crippen molar-refractivity contribution in [1.82, 2.24) is 0 Å². The van der Waals surface area contributed by atoms with E-state index in [9.17, 15) is 4.79 Å². The van der Waals surface area contributed by atoms with Gasteiger partial charge in [0.15, 0.2) is 0 Å². The molecule has 6 nitrogen and oxygen atoms in total. The number of aliphatic carboxylic acids is 1. The van der Waals surface area contributed by atoms with Gasteiger partial charge >= 0.3 is 5.97 Å². The van der Waals surface area contributed by atoms with Gasteiger partial charge in [0, 0.05) is 6.54 Å². The van der Waals surface area contributed by atoms with Crippen LogP contribution >= 0.6 is 10.0 Å². The van der Waals surface area contributed by atoms with Crippen LogP contribution in [0.5, 0.6) is 0 Å². The average Bonchev–Trinajstić information content (AvgIpc) is 2.09. The zero-order valence-corrected chi connectivity index (χ0v) is 9.89. The summed E-state index contributed by atoms with van der Waals surface area (Å²) in [4.78, 5) is 9.52. The normalized spacial score (nSPS) is 9.21. The van der Waals surface area contributed by atoms with Gasteiger partial charge in [0.05, 0.1) is 19.1 Å². The van der Waals surface area contributed by atoms with Gasteiger partial charge < -0.3 is 26.5 Å². The van der Waals surface area contributed by atoms with E-state index >= 15 is 0 Å². The molecule has 0 saturated carbocycles. The van der Waals surface area contributed by atoms with Crippen molar-refractivity contribution in [2.24, 2.45) is 5.73 Å². The molecule has 0 bridgehead atoms. The van der Waals surface area contributed by atoms with Crippen LogP contribution in [-0.4, -0.2) is 61.4 Å². The quantitative estimate of drug-likeness (QED) is 0.438. The van der Waals surface area contributed by atoms with E-state index in [-0.39, 0.29) is 25.0 Å². The molecule has 8 heteroatoms. The molecule has 0 aliphatic rings. The first-order valence-corrected chi connectivity index (χ1v) is 5.21. The van der Waals surface area contributed by atoms with Crippen LogP contribution in [0.3, 0.4) is 0 Å². The lowest BCUT2D eigenvalue weighted by Crippen LogP contribution is -2.05. The second-order valence-corrected chi connectivity index (χ2v) is 1.96. The molecule has 0 aliphatic carbocycles. The molecular formula is C6H17AlClNO5. The van der Waals surface area contributed by atoms with Gasteiger partial charge in [0.25, 0.3) is 15.4 Å². The monoisotopic (exact) mass is 245 g/mol. The molecule has 14 heavy (non-hydrogen) atoms. The highest BCUT2D eigenvalue weighted by Crippen LogP contribution is 1.68. The molecule has 0 heterocycles. The van der Waals surface area contributed by atoms with Crippen LogP contribution in [0.1, 0.15) is 13.3 Å². The van der Waals surface area contributed by atoms with E-state index < -0.39 is 12.1 Å². The third kappa shape index (κ3) is 57.1. The van der Waals surface area contributed by atoms with Crippen molar-refractivity contribution in [2.45, 2.75) is 19.4 Å². The van der Waals surface area contributed by atoms with Gasteiger partial charge in [-0.3, -0.25) is 14.8 Å². The van der Waals surface area contributed by atoms with Gasteiger partial charge in [0.2, 0.25) is 0 Å². The number of hydrogen-bond donors (Lipinski definition) is 4. The van der Waals surface area contributed by atoms with E-state index in [2.05, 4.69) is 10.0 Å². The third-order valence-corrected chi connectivity index (χ3v) is 0.622. The van der Waals surface area contributed by atoms with Crippen LogP contribution in [-0.2, 0) is 4.79 Å². The lowest BCUT2D eigenvalue weighted by molar-refractivity contribution is -0.136. The van der Waals surface area contributed by atoms with Gasteiger partial charge in [-0.25, -0.2) is 0 Å². The molecule has 1 atom stereocenters. The minimum Gasteiger partial charge on any atom is -0.481 e. The molecule has 7 N–H and O–H groups in total. The number of aliphatic hydroxyl groups is 2. The molecule has 0 spiro atoms. The first kappa shape index (κ1) is 23.7. The van der Waals surface area contributed by atoms with Crippen LogP contribution in [0, 0.1) is 0 Å². The van der Waals surface area contributed by atoms with E-state index in [4.69, 9.17) is 21.1 Å². The molecule has 0 aromatic heterocycles. The Morgan fingerprint density at radius 1 is 1.57 bits per heavy atom. The van der Waals surface area contributed by atoms with Crippen molar-refractivity contribution in [3.05, 3.63) is 0 Å². The summed E-state index contributed by atoms with van der Waals surface area (Å²) in [5.41, 5.74) is 4.85. The number of hydrogen-bond acceptors (Lipinski definition) is 4. The molecular weight excluding hydrogens is 229 g/mol. The number of halogens is 1. The predicted molar refractivity (Wildman–Crippen MR) is 55.3 cm³/mol. The second-order valence-electron chi connectivity index (χ2n) is 1.96. The maximum Gasteiger partial charge on any atom is 0.304 e. The Labute approximate surface area is 95.6 Å². The number of carbonyl (C=O) groups is 1. The van der Waals surface area contributed by atoms with Crippen LogP contribution in [0.15, 0.2) is 0 Å². The Balaban J connectivity index is -0.0000000576. The number of carboxylic acid groups (broad SMARTS) is 1. The van der Waals surface area contributed by atoms with E-state index in [1.165, 1.54) is 6.92 Å². The summed E-state index contributed by atoms with van der Waals surface area (Å²) in [6, 6.07) is 0. The molecule has 0 aromatic rings. The molecule has 0 saturated heterocycles. The Morgan fingerprint density at radius 2 is 1.86 bits per heavy atom. The topological polar surface area (TPSA) is 135 Å². The molecule has 0 amide bonds. The highest BCUT2D eigenvalue weighted by atomic mass is 35.6. The summed E-state index contributed by atoms with van der Waals surface area (Å²) >= 11 is 1.89. The molecule has 86 valence electrons. The SMILES string of the molecule is CC(O)CO.NCCC(=O)O.O.[Al][Cl]. The Bertz CT molecular complexity index is 106. The van der Waals surface area contributed by atoms with Crippen LogP contribution in [0.4, 0.5) is 0 Å². The standard InChI is InChI=1S/C3H7NO2.C3H8O2.Al.ClH.H2O/c4-2-1-3(5)6;1-3(5)2-4;;;/h1-2,4H2,(H,5,6);3-5H,2H2,1H3;;1H;1H2/q;;+1;;/p-1. The van der Waals surface area contributed by atoms with Crippen molar-refractivity contribution in [2.75, 3.05) is 13.2 Å². The van der Waals surface area contributed by atoms with Gasteiger partial charge in [0.1, 0.15) is 0 Å². The average molecular weight is 246 g/mol. The predicted octanol–water partition coefficient (Wildman–Crippen LogP) is -1.74. The Hall–Kier alpha value is 0.132. The number of rotatable bonds is 3. The summed E-state index contributed by atoms with van der Waals surface area (Å²) in [7, 11) is 4.56. The van der Waals surface area contributed by atoms with Crippen molar-refractivity contribution in [3.63, 3.8) is 0 Å². The Kier molecular flexibility index (Phi) is 39.3. The fourth-order valence-electron chi connectivity index (χ4n) is 0.123. The van der Waals surface area contributed by atoms with Gasteiger partial charge in [-0.2, -0.15) is 0 Å². The number of aliphatic hydroxyl groups excluding tert-OH is 2. The van der Waals surface area contributed by atoms with Gasteiger partial charge in [-0.15, -0.1) is 0 Å². The van der Waals surface area contributed by atoms with Crippen LogP contribution in [0.25, 0.3) is 0 Å². The lowest BCUT2D eigenvalue weighted by Gasteiger charge is -1.90. The van der Waals surface area contributed by atoms with E-state index in [1.807, 2.05) is 15.4 Å². The second kappa shape index (κ2) is 23.2. The minimum atomic E-state index is -0.836. The van der Waals surface area contributed by atoms with E-state index in [0.717, 1.165) is 0 Å². The molecule has 0 aliphatic heterocycles. The minimum absolute atomic E-state index is 0. The third-order valence-electron chi connectivity index (χ3n) is 0.622. The first-order valence-electron chi connectivity index (χ1n) is 3.47. The number of carboxylic acids is 1. The van der Waals surface area contributed by atoms with Crippen molar-refractivity contribution < 1.29 is 25.6 Å². The molecule has 0 rings (SSSR count). The van der Waals surface area contributed by atoms with Crippen LogP contribution in [0.2, 0.25) is 0 Å². The lowest BCUT2D eigenvalue weighted by atomic mass is 10.5. The van der Waals surface area contributed by atoms with Crippen molar-refractivity contribution in [1.29, 1.82) is 0 Å². The fourth-order valence-corrected chi connectivity index (χ4v) is 0.123. The fraction of sp³-hybridized carbons (Fsp3) is 0.833. The zero-order chi connectivity index (χ0) is 11.3. The number of nitrogens with two attached hydrogens (primary N) is 1.